The van der Waals surface area contributed by atoms with E-state index in [1.807, 2.05) is 0 Å². The summed E-state index contributed by atoms with van der Waals surface area (Å²) in [6.45, 7) is 0. The van der Waals surface area contributed by atoms with Crippen LogP contribution in [0, 0.1) is 46.8 Å². The van der Waals surface area contributed by atoms with Crippen molar-refractivity contribution in [1.82, 2.24) is 0 Å². The fraction of sp³-hybridized carbons (Fsp3) is 0.818. The minimum Gasteiger partial charge on any atom is -0.469 e. The first-order valence-electron chi connectivity index (χ1n) is 5.38. The Morgan fingerprint density at radius 3 is 2.36 bits per heavy atom. The molecule has 0 N–H and O–H groups in total. The van der Waals surface area contributed by atoms with E-state index in [0.29, 0.717) is 41.3 Å². The fourth-order valence-corrected chi connectivity index (χ4v) is 6.13. The standard InChI is InChI=1S/C11H10O3/c1-14-10(13)11-6-3-2-4(6)8(11)5(7(3)11)9(2)12/h2-8H,1H3/t2?,3-,4+,5?,6?,7-,8-,11?/m0/s1. The third-order valence-corrected chi connectivity index (χ3v) is 6.11. The maximum atomic E-state index is 11.8. The van der Waals surface area contributed by atoms with Gasteiger partial charge in [-0.2, -0.15) is 0 Å². The van der Waals surface area contributed by atoms with E-state index in [0.717, 1.165) is 0 Å². The molecule has 0 aliphatic heterocycles. The molecule has 0 aromatic heterocycles. The summed E-state index contributed by atoms with van der Waals surface area (Å²) < 4.78 is 4.90. The van der Waals surface area contributed by atoms with Gasteiger partial charge in [-0.05, 0) is 29.6 Å². The van der Waals surface area contributed by atoms with Gasteiger partial charge < -0.3 is 4.74 Å². The summed E-state index contributed by atoms with van der Waals surface area (Å²) in [4.78, 5) is 23.5. The summed E-state index contributed by atoms with van der Waals surface area (Å²) >= 11 is 0. The van der Waals surface area contributed by atoms with Crippen LogP contribution in [0.1, 0.15) is 0 Å². The van der Waals surface area contributed by atoms with Gasteiger partial charge in [0.2, 0.25) is 0 Å². The number of carbonyl (C=O) groups is 2. The van der Waals surface area contributed by atoms with E-state index in [9.17, 15) is 9.59 Å². The maximum absolute atomic E-state index is 11.8. The second kappa shape index (κ2) is 1.37. The quantitative estimate of drug-likeness (QED) is 0.551. The highest BCUT2D eigenvalue weighted by Crippen LogP contribution is 2.98. The first-order chi connectivity index (χ1) is 6.76. The van der Waals surface area contributed by atoms with E-state index >= 15 is 0 Å². The van der Waals surface area contributed by atoms with Crippen LogP contribution in [-0.2, 0) is 14.3 Å². The Morgan fingerprint density at radius 2 is 1.86 bits per heavy atom. The van der Waals surface area contributed by atoms with Crippen molar-refractivity contribution in [2.24, 2.45) is 46.8 Å². The van der Waals surface area contributed by atoms with E-state index in [2.05, 4.69) is 0 Å². The van der Waals surface area contributed by atoms with Crippen LogP contribution in [0.5, 0.6) is 0 Å². The molecule has 6 fully saturated rings. The van der Waals surface area contributed by atoms with Crippen molar-refractivity contribution in [3.63, 3.8) is 0 Å². The van der Waals surface area contributed by atoms with Crippen LogP contribution in [0.2, 0.25) is 0 Å². The lowest BCUT2D eigenvalue weighted by Gasteiger charge is -2.88. The number of esters is 1. The van der Waals surface area contributed by atoms with Gasteiger partial charge >= 0.3 is 5.97 Å². The SMILES string of the molecule is COC(=O)C12C3[C@H]4C5C(=O)C([C@H]41)[C@@H]2[C@@H]53. The molecule has 0 aromatic carbocycles. The molecule has 0 saturated heterocycles. The molecule has 4 unspecified atom stereocenters. The average molecular weight is 190 g/mol. The smallest absolute Gasteiger partial charge is 0.312 e. The maximum Gasteiger partial charge on any atom is 0.312 e. The third kappa shape index (κ3) is 0.270. The van der Waals surface area contributed by atoms with Crippen LogP contribution in [0.15, 0.2) is 0 Å². The number of rotatable bonds is 1. The molecule has 0 amide bonds. The van der Waals surface area contributed by atoms with Crippen LogP contribution in [0.4, 0.5) is 0 Å². The molecule has 2 bridgehead atoms. The van der Waals surface area contributed by atoms with Crippen LogP contribution in [0.3, 0.4) is 0 Å². The van der Waals surface area contributed by atoms with Crippen LogP contribution >= 0.6 is 0 Å². The van der Waals surface area contributed by atoms with E-state index in [-0.39, 0.29) is 17.3 Å². The molecular formula is C11H10O3. The highest BCUT2D eigenvalue weighted by atomic mass is 16.5. The second-order valence-corrected chi connectivity index (χ2v) is 5.61. The van der Waals surface area contributed by atoms with Gasteiger partial charge in [-0.15, -0.1) is 0 Å². The fourth-order valence-electron chi connectivity index (χ4n) is 6.13. The first-order valence-corrected chi connectivity index (χ1v) is 5.38. The Balaban J connectivity index is 1.69. The van der Waals surface area contributed by atoms with Gasteiger partial charge in [0, 0.05) is 11.8 Å². The summed E-state index contributed by atoms with van der Waals surface area (Å²) in [6, 6.07) is 0. The van der Waals surface area contributed by atoms with Crippen molar-refractivity contribution >= 4 is 11.8 Å². The molecule has 3 heteroatoms. The first kappa shape index (κ1) is 6.59. The Bertz CT molecular complexity index is 406. The highest BCUT2D eigenvalue weighted by molar-refractivity contribution is 6.02. The van der Waals surface area contributed by atoms with E-state index < -0.39 is 0 Å². The number of ketones is 1. The number of methoxy groups -OCH3 is 1. The van der Waals surface area contributed by atoms with E-state index in [1.54, 1.807) is 0 Å². The second-order valence-electron chi connectivity index (χ2n) is 5.61. The summed E-state index contributed by atoms with van der Waals surface area (Å²) in [5.74, 6) is 3.70. The molecule has 6 saturated carbocycles. The Hall–Kier alpha value is -0.860. The summed E-state index contributed by atoms with van der Waals surface area (Å²) in [7, 11) is 1.47. The Morgan fingerprint density at radius 1 is 1.21 bits per heavy atom. The van der Waals surface area contributed by atoms with Crippen molar-refractivity contribution in [3.8, 4) is 0 Å². The Labute approximate surface area is 80.8 Å². The molecule has 14 heavy (non-hydrogen) atoms. The van der Waals surface area contributed by atoms with E-state index in [1.165, 1.54) is 7.11 Å². The zero-order chi connectivity index (χ0) is 9.40. The number of ether oxygens (including phenoxy) is 1. The van der Waals surface area contributed by atoms with Crippen molar-refractivity contribution in [1.29, 1.82) is 0 Å². The number of carbonyl (C=O) groups excluding carboxylic acids is 2. The zero-order valence-electron chi connectivity index (χ0n) is 7.77. The molecule has 6 aliphatic rings. The largest absolute Gasteiger partial charge is 0.469 e. The summed E-state index contributed by atoms with van der Waals surface area (Å²) in [5, 5.41) is 0. The average Bonchev–Trinajstić information content (AvgIpc) is 2.41. The van der Waals surface area contributed by atoms with Gasteiger partial charge in [0.1, 0.15) is 5.78 Å². The molecule has 72 valence electrons. The van der Waals surface area contributed by atoms with E-state index in [4.69, 9.17) is 4.74 Å². The predicted octanol–water partition coefficient (Wildman–Crippen LogP) is 0.0963. The van der Waals surface area contributed by atoms with Crippen molar-refractivity contribution < 1.29 is 14.3 Å². The van der Waals surface area contributed by atoms with Gasteiger partial charge in [0.25, 0.3) is 0 Å². The molecule has 6 aliphatic carbocycles. The molecular weight excluding hydrogens is 180 g/mol. The highest BCUT2D eigenvalue weighted by Gasteiger charge is 3.02. The molecule has 0 aromatic rings. The van der Waals surface area contributed by atoms with Gasteiger partial charge in [-0.1, -0.05) is 0 Å². The molecule has 3 nitrogen and oxygen atoms in total. The van der Waals surface area contributed by atoms with Crippen molar-refractivity contribution in [2.45, 2.75) is 0 Å². The molecule has 6 rings (SSSR count). The minimum absolute atomic E-state index is 0.0191. The van der Waals surface area contributed by atoms with Crippen LogP contribution in [0.25, 0.3) is 0 Å². The number of Topliss-reactive ketones (excluding diaryl/α,β-unsaturated/α-hetero) is 1. The Kier molecular flexibility index (Phi) is 0.646. The lowest BCUT2D eigenvalue weighted by Crippen LogP contribution is -2.90. The number of hydrogen-bond acceptors (Lipinski definition) is 3. The van der Waals surface area contributed by atoms with Crippen molar-refractivity contribution in [3.05, 3.63) is 0 Å². The molecule has 8 atom stereocenters. The van der Waals surface area contributed by atoms with Crippen LogP contribution in [-0.4, -0.2) is 18.9 Å². The van der Waals surface area contributed by atoms with Gasteiger partial charge in [0.05, 0.1) is 12.5 Å². The van der Waals surface area contributed by atoms with Gasteiger partial charge in [-0.3, -0.25) is 9.59 Å². The third-order valence-electron chi connectivity index (χ3n) is 6.11. The molecule has 0 radical (unpaired) electrons. The number of hydrogen-bond donors (Lipinski definition) is 0. The van der Waals surface area contributed by atoms with Crippen LogP contribution < -0.4 is 0 Å². The minimum atomic E-state index is -0.141. The topological polar surface area (TPSA) is 43.4 Å². The van der Waals surface area contributed by atoms with Gasteiger partial charge in [-0.25, -0.2) is 0 Å². The monoisotopic (exact) mass is 190 g/mol. The molecule has 0 spiro atoms. The van der Waals surface area contributed by atoms with Crippen molar-refractivity contribution in [2.75, 3.05) is 7.11 Å². The molecule has 0 heterocycles. The lowest BCUT2D eigenvalue weighted by molar-refractivity contribution is -0.430. The normalized spacial score (nSPS) is 72.6. The summed E-state index contributed by atoms with van der Waals surface area (Å²) in [5.41, 5.74) is -0.141. The zero-order valence-corrected chi connectivity index (χ0v) is 7.77. The predicted molar refractivity (Wildman–Crippen MR) is 43.9 cm³/mol. The van der Waals surface area contributed by atoms with Gasteiger partial charge in [0.15, 0.2) is 0 Å². The lowest BCUT2D eigenvalue weighted by atomic mass is 9.13. The summed E-state index contributed by atoms with van der Waals surface area (Å²) in [6.07, 6.45) is 0.